The summed E-state index contributed by atoms with van der Waals surface area (Å²) in [4.78, 5) is 0. The summed E-state index contributed by atoms with van der Waals surface area (Å²) in [5.74, 6) is 0. The molecule has 0 spiro atoms. The molecule has 1 aliphatic carbocycles. The summed E-state index contributed by atoms with van der Waals surface area (Å²) in [6, 6.07) is 0. The molecule has 0 aliphatic heterocycles. The molecule has 1 heteroatoms. The first kappa shape index (κ1) is 4.33. The summed E-state index contributed by atoms with van der Waals surface area (Å²) in [6.07, 6.45) is 7.68. The molecule has 0 bridgehead atoms. The van der Waals surface area contributed by atoms with E-state index in [1.807, 2.05) is 0 Å². The maximum absolute atomic E-state index is 2.18. The predicted molar refractivity (Wildman–Crippen MR) is 24.1 cm³/mol. The van der Waals surface area contributed by atoms with Crippen molar-refractivity contribution in [2.45, 2.75) is 6.42 Å². The molecule has 0 atom stereocenters. The van der Waals surface area contributed by atoms with Gasteiger partial charge in [0.05, 0.1) is 0 Å². The van der Waals surface area contributed by atoms with Gasteiger partial charge in [-0.3, -0.25) is 0 Å². The molecule has 0 amide bonds. The van der Waals surface area contributed by atoms with Crippen molar-refractivity contribution in [3.63, 3.8) is 0 Å². The quantitative estimate of drug-likeness (QED) is 0.613. The molecule has 0 unspecified atom stereocenters. The Hall–Kier alpha value is 0.168. The zero-order valence-corrected chi connectivity index (χ0v) is 6.28. The van der Waals surface area contributed by atoms with Gasteiger partial charge < -0.3 is 2.85 Å². The van der Waals surface area contributed by atoms with Crippen molar-refractivity contribution in [1.82, 2.24) is 0 Å². The van der Waals surface area contributed by atoms with Crippen molar-refractivity contribution in [2.75, 3.05) is 0 Å². The Morgan fingerprint density at radius 2 is 2.67 bits per heavy atom. The van der Waals surface area contributed by atoms with E-state index in [0.29, 0.717) is 0 Å². The van der Waals surface area contributed by atoms with Gasteiger partial charge >= 0.3 is 48.4 Å². The van der Waals surface area contributed by atoms with Gasteiger partial charge in [-0.25, -0.2) is 0 Å². The summed E-state index contributed by atoms with van der Waals surface area (Å²) in [5.41, 5.74) is 0. The van der Waals surface area contributed by atoms with E-state index in [1.165, 1.54) is 6.42 Å². The third-order valence-electron chi connectivity index (χ3n) is 0.737. The number of hydrogen-bond acceptors (Lipinski definition) is 0. The molecule has 0 N–H and O–H groups in total. The Labute approximate surface area is 51.8 Å². The second-order valence-electron chi connectivity index (χ2n) is 1.27. The van der Waals surface area contributed by atoms with Crippen molar-refractivity contribution >= 4 is 0 Å². The third-order valence-corrected chi connectivity index (χ3v) is 1.82. The fraction of sp³-hybridized carbons (Fsp3) is 0.200. The van der Waals surface area contributed by atoms with Crippen LogP contribution in [0.25, 0.3) is 0 Å². The van der Waals surface area contributed by atoms with Crippen LogP contribution in [0, 0.1) is 0 Å². The average Bonchev–Trinajstić information content (AvgIpc) is 1.86. The van der Waals surface area contributed by atoms with Gasteiger partial charge in [-0.05, 0) is 0 Å². The zero-order valence-electron chi connectivity index (χ0n) is 5.35. The molecule has 0 nitrogen and oxygen atoms in total. The maximum atomic E-state index is 2.18. The summed E-state index contributed by atoms with van der Waals surface area (Å²) in [5, 5.41) is 0. The first-order valence-electron chi connectivity index (χ1n) is 1.92. The molecule has 35 valence electrons. The average molecular weight is 251 g/mol. The molecular weight excluding hydrogens is 244 g/mol. The van der Waals surface area contributed by atoms with E-state index in [-0.39, 0.29) is 2.85 Å². The number of rotatable bonds is 0. The van der Waals surface area contributed by atoms with Gasteiger partial charge in [0.25, 0.3) is 0 Å². The van der Waals surface area contributed by atoms with E-state index in [0.717, 1.165) is 0 Å². The molecule has 0 aromatic heterocycles. The minimum absolute atomic E-state index is 0. The van der Waals surface area contributed by atoms with Crippen molar-refractivity contribution in [3.8, 4) is 0 Å². The summed E-state index contributed by atoms with van der Waals surface area (Å²) in [6.45, 7) is 0. The van der Waals surface area contributed by atoms with Gasteiger partial charge in [-0.15, -0.1) is 0 Å². The molecule has 6 heavy (non-hydrogen) atoms. The fourth-order valence-corrected chi connectivity index (χ4v) is 1.06. The van der Waals surface area contributed by atoms with Crippen LogP contribution in [0.3, 0.4) is 0 Å². The van der Waals surface area contributed by atoms with Crippen molar-refractivity contribution in [3.05, 3.63) is 22.2 Å². The van der Waals surface area contributed by atoms with Crippen LogP contribution in [-0.2, 0) is 19.8 Å². The van der Waals surface area contributed by atoms with Gasteiger partial charge in [-0.1, -0.05) is 0 Å². The molecule has 1 rings (SSSR count). The fourth-order valence-electron chi connectivity index (χ4n) is 0.428. The molecule has 0 radical (unpaired) electrons. The van der Waals surface area contributed by atoms with E-state index in [9.17, 15) is 0 Å². The van der Waals surface area contributed by atoms with E-state index in [2.05, 4.69) is 18.2 Å². The molecule has 0 saturated carbocycles. The van der Waals surface area contributed by atoms with Gasteiger partial charge in [0, 0.05) is 0 Å². The van der Waals surface area contributed by atoms with Crippen LogP contribution in [0.5, 0.6) is 0 Å². The molecule has 0 saturated heterocycles. The van der Waals surface area contributed by atoms with Crippen LogP contribution in [0.15, 0.2) is 22.2 Å². The number of allylic oxidation sites excluding steroid dienone is 4. The van der Waals surface area contributed by atoms with E-state index in [4.69, 9.17) is 0 Å². The monoisotopic (exact) mass is 251 g/mol. The molecule has 0 aromatic rings. The van der Waals surface area contributed by atoms with Crippen LogP contribution in [0.4, 0.5) is 0 Å². The molecular formula is C5H7W-2. The van der Waals surface area contributed by atoms with Crippen LogP contribution >= 0.6 is 0 Å². The normalized spacial score (nSPS) is 18.3. The van der Waals surface area contributed by atoms with Gasteiger partial charge in [-0.2, -0.15) is 0 Å². The SMILES string of the molecule is [H-].[H-].[W][C]1=CC=CC1. The Balaban J connectivity index is 0. The number of hydrogen-bond donors (Lipinski definition) is 0. The van der Waals surface area contributed by atoms with E-state index in [1.54, 1.807) is 23.8 Å². The Morgan fingerprint density at radius 1 is 1.83 bits per heavy atom. The van der Waals surface area contributed by atoms with Crippen LogP contribution in [0.1, 0.15) is 9.27 Å². The van der Waals surface area contributed by atoms with E-state index < -0.39 is 0 Å². The molecule has 0 aromatic carbocycles. The summed E-state index contributed by atoms with van der Waals surface area (Å²) in [7, 11) is 0. The van der Waals surface area contributed by atoms with Crippen molar-refractivity contribution in [1.29, 1.82) is 0 Å². The van der Waals surface area contributed by atoms with Crippen LogP contribution in [0.2, 0.25) is 0 Å². The van der Waals surface area contributed by atoms with Gasteiger partial charge in [0.15, 0.2) is 0 Å². The Kier molecular flexibility index (Phi) is 1.26. The summed E-state index contributed by atoms with van der Waals surface area (Å²) >= 11 is 1.61. The third kappa shape index (κ3) is 0.814. The second kappa shape index (κ2) is 1.75. The first-order chi connectivity index (χ1) is 2.89. The predicted octanol–water partition coefficient (Wildman–Crippen LogP) is 1.60. The molecule has 0 heterocycles. The van der Waals surface area contributed by atoms with Crippen molar-refractivity contribution < 1.29 is 22.7 Å². The Bertz CT molecular complexity index is 107. The minimum atomic E-state index is 0. The molecule has 0 fully saturated rings. The first-order valence-corrected chi connectivity index (χ1v) is 3.39. The summed E-state index contributed by atoms with van der Waals surface area (Å²) < 4.78 is 1.55. The van der Waals surface area contributed by atoms with Crippen LogP contribution in [-0.4, -0.2) is 0 Å². The second-order valence-corrected chi connectivity index (χ2v) is 3.15. The topological polar surface area (TPSA) is 0 Å². The zero-order chi connectivity index (χ0) is 4.41. The standard InChI is InChI=1S/C5H5.W.2H/c1-2-4-5-3-1;;;/h1-3H,4H2;;;/q;;2*-1. The molecule has 1 aliphatic rings. The Morgan fingerprint density at radius 3 is 2.83 bits per heavy atom. The van der Waals surface area contributed by atoms with Crippen molar-refractivity contribution in [2.24, 2.45) is 0 Å². The van der Waals surface area contributed by atoms with Crippen LogP contribution < -0.4 is 0 Å². The van der Waals surface area contributed by atoms with Gasteiger partial charge in [0.1, 0.15) is 0 Å². The van der Waals surface area contributed by atoms with E-state index >= 15 is 0 Å². The van der Waals surface area contributed by atoms with Gasteiger partial charge in [0.2, 0.25) is 0 Å².